The van der Waals surface area contributed by atoms with Crippen molar-refractivity contribution in [3.63, 3.8) is 0 Å². The Balaban J connectivity index is 1.34. The van der Waals surface area contributed by atoms with Gasteiger partial charge in [0.05, 0.1) is 18.1 Å². The Hall–Kier alpha value is -3.51. The van der Waals surface area contributed by atoms with Gasteiger partial charge < -0.3 is 19.0 Å². The van der Waals surface area contributed by atoms with E-state index in [1.165, 1.54) is 34.9 Å². The lowest BCUT2D eigenvalue weighted by atomic mass is 10.0. The molecule has 0 saturated carbocycles. The molecule has 2 fully saturated rings. The average molecular weight is 595 g/mol. The number of fused-ring (bicyclic) bond motifs is 1. The van der Waals surface area contributed by atoms with Crippen LogP contribution in [0.2, 0.25) is 0 Å². The first-order valence-corrected chi connectivity index (χ1v) is 16.1. The number of aromatic nitrogens is 2. The SMILES string of the molecule is Cn1cc(-c2cc(S(C)(=O)=O)ccc2Oc2ccc(F)cc2)c2cc(CN3CCC(N4CCOCC4)CC3)[nH]c2c1=O. The molecule has 4 aromatic rings. The number of nitrogens with zero attached hydrogens (tertiary/aromatic N) is 3. The molecular weight excluding hydrogens is 559 g/mol. The summed E-state index contributed by atoms with van der Waals surface area (Å²) in [4.78, 5) is 21.6. The first kappa shape index (κ1) is 28.6. The van der Waals surface area contributed by atoms with Crippen LogP contribution in [0.15, 0.2) is 64.4 Å². The minimum absolute atomic E-state index is 0.129. The summed E-state index contributed by atoms with van der Waals surface area (Å²) in [6.07, 6.45) is 5.04. The molecule has 4 heterocycles. The van der Waals surface area contributed by atoms with E-state index in [0.29, 0.717) is 46.1 Å². The van der Waals surface area contributed by atoms with Crippen molar-refractivity contribution in [1.29, 1.82) is 0 Å². The predicted molar refractivity (Wildman–Crippen MR) is 159 cm³/mol. The van der Waals surface area contributed by atoms with E-state index in [1.807, 2.05) is 6.07 Å². The number of nitrogens with one attached hydrogen (secondary N) is 1. The molecule has 0 bridgehead atoms. The van der Waals surface area contributed by atoms with Crippen LogP contribution in [0.5, 0.6) is 11.5 Å². The van der Waals surface area contributed by atoms with Crippen molar-refractivity contribution in [1.82, 2.24) is 19.4 Å². The van der Waals surface area contributed by atoms with Gasteiger partial charge in [0.25, 0.3) is 5.56 Å². The van der Waals surface area contributed by atoms with Gasteiger partial charge in [-0.2, -0.15) is 0 Å². The second kappa shape index (κ2) is 11.6. The molecule has 2 aliphatic heterocycles. The molecule has 11 heteroatoms. The molecule has 0 radical (unpaired) electrons. The third kappa shape index (κ3) is 6.00. The van der Waals surface area contributed by atoms with E-state index in [2.05, 4.69) is 14.8 Å². The Morgan fingerprint density at radius 3 is 2.40 bits per heavy atom. The largest absolute Gasteiger partial charge is 0.457 e. The first-order valence-electron chi connectivity index (χ1n) is 14.2. The topological polar surface area (TPSA) is 96.9 Å². The van der Waals surface area contributed by atoms with Gasteiger partial charge in [-0.05, 0) is 61.4 Å². The molecule has 0 aliphatic carbocycles. The van der Waals surface area contributed by atoms with Crippen LogP contribution in [-0.4, -0.2) is 79.5 Å². The number of hydrogen-bond donors (Lipinski definition) is 1. The van der Waals surface area contributed by atoms with Gasteiger partial charge in [-0.1, -0.05) is 0 Å². The lowest BCUT2D eigenvalue weighted by Gasteiger charge is -2.40. The molecule has 2 aliphatic rings. The molecule has 6 rings (SSSR count). The van der Waals surface area contributed by atoms with Gasteiger partial charge in [-0.25, -0.2) is 12.8 Å². The third-order valence-electron chi connectivity index (χ3n) is 8.24. The molecule has 0 spiro atoms. The quantitative estimate of drug-likeness (QED) is 0.343. The highest BCUT2D eigenvalue weighted by molar-refractivity contribution is 7.90. The van der Waals surface area contributed by atoms with Gasteiger partial charge in [-0.15, -0.1) is 0 Å². The molecule has 2 aromatic carbocycles. The van der Waals surface area contributed by atoms with E-state index in [9.17, 15) is 17.6 Å². The summed E-state index contributed by atoms with van der Waals surface area (Å²) in [6, 6.07) is 12.8. The molecule has 9 nitrogen and oxygen atoms in total. The number of aromatic amines is 1. The van der Waals surface area contributed by atoms with Crippen molar-refractivity contribution in [2.75, 3.05) is 45.6 Å². The number of morpholine rings is 1. The van der Waals surface area contributed by atoms with Crippen LogP contribution < -0.4 is 10.3 Å². The number of likely N-dealkylation sites (tertiary alicyclic amines) is 1. The lowest BCUT2D eigenvalue weighted by Crippen LogP contribution is -2.48. The number of sulfone groups is 1. The number of hydrogen-bond acceptors (Lipinski definition) is 7. The minimum Gasteiger partial charge on any atom is -0.457 e. The van der Waals surface area contributed by atoms with Crippen molar-refractivity contribution in [3.05, 3.63) is 76.6 Å². The number of benzene rings is 2. The number of halogens is 1. The van der Waals surface area contributed by atoms with Crippen molar-refractivity contribution >= 4 is 20.7 Å². The number of rotatable bonds is 7. The second-order valence-electron chi connectivity index (χ2n) is 11.2. The van der Waals surface area contributed by atoms with E-state index in [0.717, 1.165) is 64.2 Å². The summed E-state index contributed by atoms with van der Waals surface area (Å²) in [5.74, 6) is 0.405. The maximum Gasteiger partial charge on any atom is 0.274 e. The smallest absolute Gasteiger partial charge is 0.274 e. The number of piperidine rings is 1. The van der Waals surface area contributed by atoms with Gasteiger partial charge in [-0.3, -0.25) is 14.6 Å². The number of ether oxygens (including phenoxy) is 2. The van der Waals surface area contributed by atoms with Gasteiger partial charge in [0.15, 0.2) is 9.84 Å². The monoisotopic (exact) mass is 594 g/mol. The summed E-state index contributed by atoms with van der Waals surface area (Å²) in [6.45, 7) is 6.20. The Morgan fingerprint density at radius 1 is 1.00 bits per heavy atom. The summed E-state index contributed by atoms with van der Waals surface area (Å²) >= 11 is 0. The fraction of sp³-hybridized carbons (Fsp3) is 0.387. The summed E-state index contributed by atoms with van der Waals surface area (Å²) in [5.41, 5.74) is 2.36. The lowest BCUT2D eigenvalue weighted by molar-refractivity contribution is 0.000154. The zero-order chi connectivity index (χ0) is 29.4. The predicted octanol–water partition coefficient (Wildman–Crippen LogP) is 4.17. The Morgan fingerprint density at radius 2 is 1.71 bits per heavy atom. The van der Waals surface area contributed by atoms with Crippen LogP contribution in [0.3, 0.4) is 0 Å². The summed E-state index contributed by atoms with van der Waals surface area (Å²) in [7, 11) is -1.86. The van der Waals surface area contributed by atoms with Gasteiger partial charge in [0, 0.05) is 80.5 Å². The van der Waals surface area contributed by atoms with Gasteiger partial charge >= 0.3 is 0 Å². The highest BCUT2D eigenvalue weighted by Crippen LogP contribution is 2.38. The van der Waals surface area contributed by atoms with Crippen molar-refractivity contribution in [2.45, 2.75) is 30.3 Å². The molecule has 2 saturated heterocycles. The van der Waals surface area contributed by atoms with E-state index in [-0.39, 0.29) is 16.3 Å². The van der Waals surface area contributed by atoms with Crippen LogP contribution in [0.1, 0.15) is 18.5 Å². The van der Waals surface area contributed by atoms with Crippen molar-refractivity contribution < 1.29 is 22.3 Å². The van der Waals surface area contributed by atoms with Crippen LogP contribution in [0.4, 0.5) is 4.39 Å². The average Bonchev–Trinajstić information content (AvgIpc) is 3.41. The summed E-state index contributed by atoms with van der Waals surface area (Å²) in [5, 5.41) is 0.686. The van der Waals surface area contributed by atoms with Crippen molar-refractivity contribution in [3.8, 4) is 22.6 Å². The standard InChI is InChI=1S/C31H35FN4O5S/c1-34-20-28(26-18-25(42(2,38)39)7-8-29(26)41-24-5-3-21(32)4-6-24)27-17-22(33-30(27)31(34)37)19-35-11-9-23(10-12-35)36-13-15-40-16-14-36/h3-8,17-18,20,23,33H,9-16,19H2,1-2H3. The van der Waals surface area contributed by atoms with Gasteiger partial charge in [0.1, 0.15) is 22.8 Å². The van der Waals surface area contributed by atoms with E-state index >= 15 is 0 Å². The zero-order valence-electron chi connectivity index (χ0n) is 23.8. The third-order valence-corrected chi connectivity index (χ3v) is 9.35. The highest BCUT2D eigenvalue weighted by Gasteiger charge is 2.26. The summed E-state index contributed by atoms with van der Waals surface area (Å²) < 4.78 is 51.6. The fourth-order valence-electron chi connectivity index (χ4n) is 5.98. The normalized spacial score (nSPS) is 17.6. The number of pyridine rings is 1. The van der Waals surface area contributed by atoms with Crippen molar-refractivity contribution in [2.24, 2.45) is 7.05 Å². The van der Waals surface area contributed by atoms with E-state index in [1.54, 1.807) is 25.4 Å². The second-order valence-corrected chi connectivity index (χ2v) is 13.2. The molecule has 222 valence electrons. The Kier molecular flexibility index (Phi) is 7.93. The number of H-pyrrole nitrogens is 1. The van der Waals surface area contributed by atoms with E-state index < -0.39 is 9.84 Å². The molecule has 0 amide bonds. The molecule has 1 N–H and O–H groups in total. The Bertz CT molecular complexity index is 1750. The van der Waals surface area contributed by atoms with Crippen LogP contribution in [-0.2, 0) is 28.2 Å². The van der Waals surface area contributed by atoms with Crippen LogP contribution in [0.25, 0.3) is 22.0 Å². The maximum absolute atomic E-state index is 13.5. The molecule has 42 heavy (non-hydrogen) atoms. The Labute approximate surface area is 244 Å². The maximum atomic E-state index is 13.5. The van der Waals surface area contributed by atoms with E-state index in [4.69, 9.17) is 9.47 Å². The molecule has 0 unspecified atom stereocenters. The zero-order valence-corrected chi connectivity index (χ0v) is 24.6. The van der Waals surface area contributed by atoms with Crippen LogP contribution >= 0.6 is 0 Å². The van der Waals surface area contributed by atoms with Crippen LogP contribution in [0, 0.1) is 5.82 Å². The highest BCUT2D eigenvalue weighted by atomic mass is 32.2. The molecule has 2 aromatic heterocycles. The minimum atomic E-state index is -3.53. The van der Waals surface area contributed by atoms with Gasteiger partial charge in [0.2, 0.25) is 0 Å². The molecule has 0 atom stereocenters. The number of aryl methyl sites for hydroxylation is 1. The first-order chi connectivity index (χ1) is 20.2. The fourth-order valence-corrected chi connectivity index (χ4v) is 6.63. The molecular formula is C31H35FN4O5S.